The molecule has 0 fully saturated rings. The first-order valence-electron chi connectivity index (χ1n) is 7.16. The molecule has 2 amide bonds. The summed E-state index contributed by atoms with van der Waals surface area (Å²) in [5.41, 5.74) is 1.48. The Balaban J connectivity index is 1.62. The summed E-state index contributed by atoms with van der Waals surface area (Å²) in [7, 11) is 1.59. The number of ether oxygens (including phenoxy) is 1. The first-order chi connectivity index (χ1) is 11.2. The van der Waals surface area contributed by atoms with Crippen molar-refractivity contribution in [3.63, 3.8) is 0 Å². The summed E-state index contributed by atoms with van der Waals surface area (Å²) in [6, 6.07) is 14.7. The van der Waals surface area contributed by atoms with Gasteiger partial charge in [0.05, 0.1) is 18.0 Å². The summed E-state index contributed by atoms with van der Waals surface area (Å²) in [5, 5.41) is 5.21. The Bertz CT molecular complexity index is 731. The molecule has 2 N–H and O–H groups in total. The van der Waals surface area contributed by atoms with Gasteiger partial charge in [-0.25, -0.2) is 0 Å². The van der Waals surface area contributed by atoms with Crippen LogP contribution in [-0.2, 0) is 9.59 Å². The maximum Gasteiger partial charge on any atom is 0.238 e. The van der Waals surface area contributed by atoms with Gasteiger partial charge in [-0.3, -0.25) is 9.59 Å². The molecule has 1 heterocycles. The van der Waals surface area contributed by atoms with E-state index in [4.69, 9.17) is 4.74 Å². The number of hydrogen-bond acceptors (Lipinski definition) is 4. The first-order valence-corrected chi connectivity index (χ1v) is 8.04. The zero-order valence-corrected chi connectivity index (χ0v) is 13.4. The lowest BCUT2D eigenvalue weighted by Crippen LogP contribution is -2.32. The minimum Gasteiger partial charge on any atom is -0.497 e. The van der Waals surface area contributed by atoms with Gasteiger partial charge in [0.15, 0.2) is 0 Å². The molecule has 0 spiro atoms. The van der Waals surface area contributed by atoms with E-state index in [2.05, 4.69) is 10.6 Å². The van der Waals surface area contributed by atoms with Crippen LogP contribution in [0.2, 0.25) is 0 Å². The van der Waals surface area contributed by atoms with E-state index in [0.717, 1.165) is 16.3 Å². The molecule has 2 aromatic carbocycles. The molecule has 6 heteroatoms. The third-order valence-electron chi connectivity index (χ3n) is 3.45. The van der Waals surface area contributed by atoms with Crippen LogP contribution in [0.3, 0.4) is 0 Å². The molecule has 1 aliphatic heterocycles. The van der Waals surface area contributed by atoms with Crippen LogP contribution in [0.15, 0.2) is 53.4 Å². The SMILES string of the molecule is COc1ccc(NC(=O)C[C@H]2Sc3ccccc3NC2=O)cc1. The molecule has 23 heavy (non-hydrogen) atoms. The number of hydrogen-bond donors (Lipinski definition) is 2. The summed E-state index contributed by atoms with van der Waals surface area (Å²) in [4.78, 5) is 25.2. The van der Waals surface area contributed by atoms with Crippen LogP contribution in [-0.4, -0.2) is 24.2 Å². The maximum absolute atomic E-state index is 12.2. The van der Waals surface area contributed by atoms with Crippen LogP contribution in [0.5, 0.6) is 5.75 Å². The second-order valence-electron chi connectivity index (χ2n) is 5.07. The van der Waals surface area contributed by atoms with Crippen LogP contribution < -0.4 is 15.4 Å². The van der Waals surface area contributed by atoms with Crippen molar-refractivity contribution in [1.29, 1.82) is 0 Å². The largest absolute Gasteiger partial charge is 0.497 e. The molecule has 0 saturated heterocycles. The smallest absolute Gasteiger partial charge is 0.238 e. The predicted octanol–water partition coefficient (Wildman–Crippen LogP) is 3.14. The fourth-order valence-corrected chi connectivity index (χ4v) is 3.39. The van der Waals surface area contributed by atoms with Crippen molar-refractivity contribution in [2.24, 2.45) is 0 Å². The minimum atomic E-state index is -0.428. The van der Waals surface area contributed by atoms with Crippen molar-refractivity contribution in [2.75, 3.05) is 17.7 Å². The van der Waals surface area contributed by atoms with Gasteiger partial charge in [0, 0.05) is 17.0 Å². The molecule has 2 aromatic rings. The van der Waals surface area contributed by atoms with Crippen molar-refractivity contribution in [2.45, 2.75) is 16.6 Å². The first kappa shape index (κ1) is 15.4. The number of carbonyl (C=O) groups excluding carboxylic acids is 2. The highest BCUT2D eigenvalue weighted by Crippen LogP contribution is 2.36. The number of anilines is 2. The Morgan fingerprint density at radius 3 is 2.70 bits per heavy atom. The quantitative estimate of drug-likeness (QED) is 0.905. The number of thioether (sulfide) groups is 1. The standard InChI is InChI=1S/C17H16N2O3S/c1-22-12-8-6-11(7-9-12)18-16(20)10-15-17(21)19-13-4-2-3-5-14(13)23-15/h2-9,15H,10H2,1H3,(H,18,20)(H,19,21)/t15-/m1/s1. The third kappa shape index (κ3) is 3.65. The van der Waals surface area contributed by atoms with Gasteiger partial charge >= 0.3 is 0 Å². The monoisotopic (exact) mass is 328 g/mol. The van der Waals surface area contributed by atoms with E-state index in [1.165, 1.54) is 11.8 Å². The Labute approximate surface area is 138 Å². The van der Waals surface area contributed by atoms with Crippen LogP contribution in [0.1, 0.15) is 6.42 Å². The van der Waals surface area contributed by atoms with Gasteiger partial charge in [0.25, 0.3) is 0 Å². The van der Waals surface area contributed by atoms with Crippen LogP contribution in [0, 0.1) is 0 Å². The van der Waals surface area contributed by atoms with Crippen LogP contribution >= 0.6 is 11.8 Å². The molecule has 3 rings (SSSR count). The number of para-hydroxylation sites is 1. The normalized spacial score (nSPS) is 16.2. The van der Waals surface area contributed by atoms with Crippen molar-refractivity contribution in [1.82, 2.24) is 0 Å². The highest BCUT2D eigenvalue weighted by atomic mass is 32.2. The van der Waals surface area contributed by atoms with Gasteiger partial charge in [-0.15, -0.1) is 11.8 Å². The number of benzene rings is 2. The van der Waals surface area contributed by atoms with Gasteiger partial charge in [0.2, 0.25) is 11.8 Å². The van der Waals surface area contributed by atoms with Crippen molar-refractivity contribution < 1.29 is 14.3 Å². The number of rotatable bonds is 4. The molecule has 1 aliphatic rings. The predicted molar refractivity (Wildman–Crippen MR) is 91.0 cm³/mol. The number of fused-ring (bicyclic) bond motifs is 1. The lowest BCUT2D eigenvalue weighted by Gasteiger charge is -2.23. The lowest BCUT2D eigenvalue weighted by atomic mass is 10.2. The molecule has 118 valence electrons. The molecule has 5 nitrogen and oxygen atoms in total. The van der Waals surface area contributed by atoms with Crippen LogP contribution in [0.25, 0.3) is 0 Å². The third-order valence-corrected chi connectivity index (χ3v) is 4.73. The van der Waals surface area contributed by atoms with Gasteiger partial charge in [-0.2, -0.15) is 0 Å². The van der Waals surface area contributed by atoms with E-state index in [9.17, 15) is 9.59 Å². The van der Waals surface area contributed by atoms with Crippen molar-refractivity contribution >= 4 is 35.0 Å². The van der Waals surface area contributed by atoms with Gasteiger partial charge in [-0.05, 0) is 36.4 Å². The summed E-state index contributed by atoms with van der Waals surface area (Å²) < 4.78 is 5.07. The molecule has 0 radical (unpaired) electrons. The molecule has 0 saturated carbocycles. The second kappa shape index (κ2) is 6.75. The molecule has 0 bridgehead atoms. The minimum absolute atomic E-state index is 0.122. The highest BCUT2D eigenvalue weighted by Gasteiger charge is 2.28. The summed E-state index contributed by atoms with van der Waals surface area (Å²) in [6.45, 7) is 0. The molecular formula is C17H16N2O3S. The highest BCUT2D eigenvalue weighted by molar-refractivity contribution is 8.01. The number of methoxy groups -OCH3 is 1. The van der Waals surface area contributed by atoms with Gasteiger partial charge in [-0.1, -0.05) is 12.1 Å². The molecule has 1 atom stereocenters. The Kier molecular flexibility index (Phi) is 4.52. The van der Waals surface area contributed by atoms with E-state index in [0.29, 0.717) is 5.69 Å². The van der Waals surface area contributed by atoms with Gasteiger partial charge < -0.3 is 15.4 Å². The molecule has 0 aliphatic carbocycles. The number of amides is 2. The maximum atomic E-state index is 12.2. The summed E-state index contributed by atoms with van der Waals surface area (Å²) in [6.07, 6.45) is 0.122. The fraction of sp³-hybridized carbons (Fsp3) is 0.176. The second-order valence-corrected chi connectivity index (χ2v) is 6.32. The average Bonchev–Trinajstić information content (AvgIpc) is 2.56. The van der Waals surface area contributed by atoms with E-state index >= 15 is 0 Å². The Morgan fingerprint density at radius 2 is 1.96 bits per heavy atom. The van der Waals surface area contributed by atoms with E-state index < -0.39 is 5.25 Å². The Morgan fingerprint density at radius 1 is 1.22 bits per heavy atom. The lowest BCUT2D eigenvalue weighted by molar-refractivity contribution is -0.120. The topological polar surface area (TPSA) is 67.4 Å². The zero-order chi connectivity index (χ0) is 16.2. The fourth-order valence-electron chi connectivity index (χ4n) is 2.28. The molecular weight excluding hydrogens is 312 g/mol. The zero-order valence-electron chi connectivity index (χ0n) is 12.5. The van der Waals surface area contributed by atoms with Crippen LogP contribution in [0.4, 0.5) is 11.4 Å². The van der Waals surface area contributed by atoms with Gasteiger partial charge in [0.1, 0.15) is 5.75 Å². The number of nitrogens with one attached hydrogen (secondary N) is 2. The van der Waals surface area contributed by atoms with E-state index in [1.54, 1.807) is 31.4 Å². The van der Waals surface area contributed by atoms with Crippen molar-refractivity contribution in [3.8, 4) is 5.75 Å². The number of carbonyl (C=O) groups is 2. The average molecular weight is 328 g/mol. The van der Waals surface area contributed by atoms with E-state index in [1.807, 2.05) is 24.3 Å². The summed E-state index contributed by atoms with van der Waals surface area (Å²) in [5.74, 6) is 0.391. The molecule has 0 unspecified atom stereocenters. The molecule has 0 aromatic heterocycles. The summed E-state index contributed by atoms with van der Waals surface area (Å²) >= 11 is 1.42. The Hall–Kier alpha value is -2.47. The van der Waals surface area contributed by atoms with Crippen molar-refractivity contribution in [3.05, 3.63) is 48.5 Å². The van der Waals surface area contributed by atoms with E-state index in [-0.39, 0.29) is 18.2 Å².